The normalized spacial score (nSPS) is 9.41. The van der Waals surface area contributed by atoms with E-state index in [1.807, 2.05) is 0 Å². The van der Waals surface area contributed by atoms with Gasteiger partial charge in [-0.3, -0.25) is 5.43 Å². The quantitative estimate of drug-likeness (QED) is 0.650. The van der Waals surface area contributed by atoms with Crippen LogP contribution >= 0.6 is 0 Å². The van der Waals surface area contributed by atoms with Gasteiger partial charge in [-0.2, -0.15) is 20.7 Å². The number of carboxylic acid groups (broad SMARTS) is 1. The number of hydrazone groups is 1. The number of hydrogen-bond donors (Lipinski definition) is 2. The first-order valence-corrected chi connectivity index (χ1v) is 5.78. The molecule has 9 heteroatoms. The van der Waals surface area contributed by atoms with Crippen molar-refractivity contribution in [2.75, 3.05) is 5.43 Å². The molecule has 0 spiro atoms. The molecule has 0 atom stereocenters. The Morgan fingerprint density at radius 3 is 2.68 bits per heavy atom. The zero-order valence-electron chi connectivity index (χ0n) is 10.9. The molecule has 108 valence electrons. The molecule has 0 saturated carbocycles. The molecule has 0 radical (unpaired) electrons. The van der Waals surface area contributed by atoms with Gasteiger partial charge in [-0.15, -0.1) is 0 Å². The van der Waals surface area contributed by atoms with E-state index < -0.39 is 17.5 Å². The number of nitriles is 2. The molecule has 1 aromatic heterocycles. The fourth-order valence-corrected chi connectivity index (χ4v) is 1.56. The smallest absolute Gasteiger partial charge is 0.356 e. The molecule has 0 saturated heterocycles. The second kappa shape index (κ2) is 6.15. The Kier molecular flexibility index (Phi) is 4.11. The first kappa shape index (κ1) is 14.7. The van der Waals surface area contributed by atoms with E-state index in [1.54, 1.807) is 12.1 Å². The molecular formula is C13H7FN6O2. The maximum Gasteiger partial charge on any atom is 0.356 e. The number of aromatic nitrogens is 2. The number of nitrogens with one attached hydrogen (secondary N) is 1. The largest absolute Gasteiger partial charge is 0.476 e. The fourth-order valence-electron chi connectivity index (χ4n) is 1.56. The Morgan fingerprint density at radius 2 is 2.09 bits per heavy atom. The summed E-state index contributed by atoms with van der Waals surface area (Å²) in [5.41, 5.74) is 2.17. The van der Waals surface area contributed by atoms with E-state index in [9.17, 15) is 9.18 Å². The number of hydrogen-bond acceptors (Lipinski definition) is 6. The molecular weight excluding hydrogens is 291 g/mol. The second-order valence-electron chi connectivity index (χ2n) is 3.91. The van der Waals surface area contributed by atoms with Crippen LogP contribution in [0.1, 0.15) is 10.5 Å². The molecule has 0 fully saturated rings. The summed E-state index contributed by atoms with van der Waals surface area (Å²) in [6.07, 6.45) is 1.38. The first-order valence-electron chi connectivity index (χ1n) is 5.78. The molecule has 0 aliphatic heterocycles. The van der Waals surface area contributed by atoms with Gasteiger partial charge in [0.1, 0.15) is 18.0 Å². The van der Waals surface area contributed by atoms with Gasteiger partial charge < -0.3 is 5.11 Å². The van der Waals surface area contributed by atoms with Crippen LogP contribution in [0.2, 0.25) is 0 Å². The van der Waals surface area contributed by atoms with Crippen molar-refractivity contribution in [1.82, 2.24) is 9.78 Å². The third kappa shape index (κ3) is 3.05. The van der Waals surface area contributed by atoms with E-state index >= 15 is 0 Å². The van der Waals surface area contributed by atoms with Gasteiger partial charge >= 0.3 is 5.97 Å². The lowest BCUT2D eigenvalue weighted by Crippen LogP contribution is -2.05. The molecule has 1 heterocycles. The zero-order chi connectivity index (χ0) is 16.1. The van der Waals surface area contributed by atoms with Gasteiger partial charge in [0.05, 0.1) is 11.4 Å². The van der Waals surface area contributed by atoms with Crippen molar-refractivity contribution in [1.29, 1.82) is 10.5 Å². The summed E-state index contributed by atoms with van der Waals surface area (Å²) >= 11 is 0. The van der Waals surface area contributed by atoms with Crippen LogP contribution in [0.4, 0.5) is 10.1 Å². The molecule has 22 heavy (non-hydrogen) atoms. The van der Waals surface area contributed by atoms with E-state index in [2.05, 4.69) is 15.6 Å². The maximum atomic E-state index is 13.3. The summed E-state index contributed by atoms with van der Waals surface area (Å²) in [4.78, 5) is 10.8. The first-order chi connectivity index (χ1) is 10.5. The lowest BCUT2D eigenvalue weighted by Gasteiger charge is -2.08. The predicted molar refractivity (Wildman–Crippen MR) is 72.8 cm³/mol. The highest BCUT2D eigenvalue weighted by atomic mass is 19.1. The molecule has 2 aromatic rings. The van der Waals surface area contributed by atoms with Crippen molar-refractivity contribution >= 4 is 17.4 Å². The number of carboxylic acids is 1. The molecule has 0 bridgehead atoms. The van der Waals surface area contributed by atoms with Crippen LogP contribution in [0.25, 0.3) is 5.69 Å². The number of anilines is 1. The van der Waals surface area contributed by atoms with Crippen LogP contribution in [0.15, 0.2) is 35.6 Å². The average Bonchev–Trinajstić information content (AvgIpc) is 2.98. The van der Waals surface area contributed by atoms with E-state index in [0.717, 1.165) is 12.1 Å². The number of benzene rings is 1. The predicted octanol–water partition coefficient (Wildman–Crippen LogP) is 1.52. The van der Waals surface area contributed by atoms with Crippen molar-refractivity contribution in [3.05, 3.63) is 42.0 Å². The maximum absolute atomic E-state index is 13.3. The summed E-state index contributed by atoms with van der Waals surface area (Å²) in [7, 11) is 0. The molecule has 1 aromatic carbocycles. The van der Waals surface area contributed by atoms with Crippen LogP contribution in [-0.4, -0.2) is 26.6 Å². The van der Waals surface area contributed by atoms with Crippen LogP contribution in [0.3, 0.4) is 0 Å². The fraction of sp³-hybridized carbons (Fsp3) is 0. The average molecular weight is 298 g/mol. The highest BCUT2D eigenvalue weighted by Crippen LogP contribution is 2.21. The van der Waals surface area contributed by atoms with Crippen molar-refractivity contribution in [2.45, 2.75) is 0 Å². The van der Waals surface area contributed by atoms with Gasteiger partial charge in [-0.05, 0) is 18.2 Å². The molecule has 0 unspecified atom stereocenters. The highest BCUT2D eigenvalue weighted by molar-refractivity contribution is 6.10. The van der Waals surface area contributed by atoms with Gasteiger partial charge in [0, 0.05) is 12.3 Å². The van der Waals surface area contributed by atoms with Gasteiger partial charge in [-0.1, -0.05) is 0 Å². The van der Waals surface area contributed by atoms with Crippen molar-refractivity contribution in [3.63, 3.8) is 0 Å². The Hall–Kier alpha value is -3.72. The summed E-state index contributed by atoms with van der Waals surface area (Å²) in [6, 6.07) is 7.95. The monoisotopic (exact) mass is 298 g/mol. The summed E-state index contributed by atoms with van der Waals surface area (Å²) in [5.74, 6) is -1.79. The summed E-state index contributed by atoms with van der Waals surface area (Å²) < 4.78 is 14.5. The van der Waals surface area contributed by atoms with Crippen LogP contribution in [0.5, 0.6) is 0 Å². The highest BCUT2D eigenvalue weighted by Gasteiger charge is 2.11. The summed E-state index contributed by atoms with van der Waals surface area (Å²) in [5, 5.41) is 33.4. The number of aromatic carboxylic acids is 1. The topological polar surface area (TPSA) is 127 Å². The van der Waals surface area contributed by atoms with E-state index in [0.29, 0.717) is 5.69 Å². The number of nitrogens with zero attached hydrogens (tertiary/aromatic N) is 5. The Labute approximate surface area is 123 Å². The lowest BCUT2D eigenvalue weighted by molar-refractivity contribution is 0.0690. The van der Waals surface area contributed by atoms with Gasteiger partial charge in [0.2, 0.25) is 5.71 Å². The van der Waals surface area contributed by atoms with Crippen LogP contribution in [0, 0.1) is 28.5 Å². The third-order valence-electron chi connectivity index (χ3n) is 2.51. The van der Waals surface area contributed by atoms with Crippen molar-refractivity contribution in [3.8, 4) is 17.8 Å². The molecule has 0 amide bonds. The molecule has 2 rings (SSSR count). The van der Waals surface area contributed by atoms with Gasteiger partial charge in [0.15, 0.2) is 5.69 Å². The standard InChI is InChI=1S/C13H7FN6O2/c14-8-1-2-12(20-4-3-10(19-20)13(21)22)11(5-8)18-17-9(6-15)7-16/h1-5,18H,(H,21,22). The minimum atomic E-state index is -1.20. The van der Waals surface area contributed by atoms with Crippen molar-refractivity contribution < 1.29 is 14.3 Å². The lowest BCUT2D eigenvalue weighted by atomic mass is 10.2. The van der Waals surface area contributed by atoms with Gasteiger partial charge in [-0.25, -0.2) is 13.9 Å². The minimum Gasteiger partial charge on any atom is -0.476 e. The molecule has 0 aliphatic carbocycles. The molecule has 8 nitrogen and oxygen atoms in total. The Morgan fingerprint density at radius 1 is 1.36 bits per heavy atom. The Bertz CT molecular complexity index is 827. The summed E-state index contributed by atoms with van der Waals surface area (Å²) in [6.45, 7) is 0. The minimum absolute atomic E-state index is 0.114. The number of carbonyl (C=O) groups is 1. The van der Waals surface area contributed by atoms with E-state index in [1.165, 1.54) is 23.0 Å². The Balaban J connectivity index is 2.44. The van der Waals surface area contributed by atoms with Gasteiger partial charge in [0.25, 0.3) is 0 Å². The number of halogens is 1. The number of rotatable bonds is 4. The van der Waals surface area contributed by atoms with E-state index in [4.69, 9.17) is 15.6 Å². The second-order valence-corrected chi connectivity index (χ2v) is 3.91. The van der Waals surface area contributed by atoms with Crippen LogP contribution in [-0.2, 0) is 0 Å². The molecule has 2 N–H and O–H groups in total. The molecule has 0 aliphatic rings. The zero-order valence-corrected chi connectivity index (χ0v) is 10.9. The third-order valence-corrected chi connectivity index (χ3v) is 2.51. The van der Waals surface area contributed by atoms with E-state index in [-0.39, 0.29) is 11.4 Å². The SMILES string of the molecule is N#CC(C#N)=NNc1cc(F)ccc1-n1ccc(C(=O)O)n1. The van der Waals surface area contributed by atoms with Crippen LogP contribution < -0.4 is 5.43 Å². The van der Waals surface area contributed by atoms with Crippen molar-refractivity contribution in [2.24, 2.45) is 5.10 Å².